The molecular formula is C29H46OSi. The normalized spacial score (nSPS) is 41.3. The summed E-state index contributed by atoms with van der Waals surface area (Å²) >= 11 is 0. The average molecular weight is 439 g/mol. The summed E-state index contributed by atoms with van der Waals surface area (Å²) < 4.78 is 6.87. The zero-order valence-electron chi connectivity index (χ0n) is 21.5. The van der Waals surface area contributed by atoms with Gasteiger partial charge in [-0.25, -0.2) is 0 Å². The van der Waals surface area contributed by atoms with Gasteiger partial charge in [0.2, 0.25) is 0 Å². The van der Waals surface area contributed by atoms with Crippen molar-refractivity contribution in [2.24, 2.45) is 34.5 Å². The van der Waals surface area contributed by atoms with Crippen LogP contribution in [-0.2, 0) is 4.43 Å². The first-order chi connectivity index (χ1) is 14.3. The van der Waals surface area contributed by atoms with Gasteiger partial charge in [-0.2, -0.15) is 0 Å². The molecule has 0 N–H and O–H groups in total. The van der Waals surface area contributed by atoms with Crippen LogP contribution in [0.25, 0.3) is 0 Å². The van der Waals surface area contributed by atoms with E-state index in [1.807, 2.05) is 0 Å². The van der Waals surface area contributed by atoms with Gasteiger partial charge in [0.25, 0.3) is 0 Å². The zero-order chi connectivity index (χ0) is 22.8. The third-order valence-electron chi connectivity index (χ3n) is 10.7. The molecule has 0 amide bonds. The fourth-order valence-electron chi connectivity index (χ4n) is 7.64. The number of fused-ring (bicyclic) bond motifs is 5. The number of rotatable bonds is 3. The molecule has 7 atom stereocenters. The Morgan fingerprint density at radius 1 is 1.06 bits per heavy atom. The molecule has 0 saturated heterocycles. The van der Waals surface area contributed by atoms with Crippen LogP contribution in [0.5, 0.6) is 0 Å². The maximum absolute atomic E-state index is 6.87. The SMILES string of the molecule is C#C[C@H](C)[C@H]1CC[C@H]2C3=CC=C4C[C@@H](O[Si](C)(C)C(C)(C)C)CC[C@]4(C)[C@H]3CC[C@]12C. The highest BCUT2D eigenvalue weighted by Gasteiger charge is 2.57. The first kappa shape index (κ1) is 23.4. The van der Waals surface area contributed by atoms with E-state index >= 15 is 0 Å². The van der Waals surface area contributed by atoms with Crippen molar-refractivity contribution in [3.63, 3.8) is 0 Å². The zero-order valence-corrected chi connectivity index (χ0v) is 22.5. The predicted octanol–water partition coefficient (Wildman–Crippen LogP) is 8.15. The third kappa shape index (κ3) is 3.63. The lowest BCUT2D eigenvalue weighted by Crippen LogP contribution is -2.49. The van der Waals surface area contributed by atoms with Crippen LogP contribution >= 0.6 is 0 Å². The molecule has 0 aliphatic heterocycles. The smallest absolute Gasteiger partial charge is 0.192 e. The van der Waals surface area contributed by atoms with Gasteiger partial charge in [0, 0.05) is 12.0 Å². The Hall–Kier alpha value is -0.783. The van der Waals surface area contributed by atoms with Gasteiger partial charge < -0.3 is 4.43 Å². The molecule has 0 unspecified atom stereocenters. The van der Waals surface area contributed by atoms with Crippen molar-refractivity contribution in [2.45, 2.75) is 111 Å². The second-order valence-corrected chi connectivity index (χ2v) is 18.1. The molecule has 0 spiro atoms. The third-order valence-corrected chi connectivity index (χ3v) is 15.3. The quantitative estimate of drug-likeness (QED) is 0.319. The molecule has 3 saturated carbocycles. The summed E-state index contributed by atoms with van der Waals surface area (Å²) in [5, 5.41) is 0.282. The van der Waals surface area contributed by atoms with E-state index in [0.29, 0.717) is 28.8 Å². The molecule has 2 heteroatoms. The van der Waals surface area contributed by atoms with E-state index in [4.69, 9.17) is 10.8 Å². The summed E-state index contributed by atoms with van der Waals surface area (Å²) in [4.78, 5) is 0. The van der Waals surface area contributed by atoms with Gasteiger partial charge in [0.1, 0.15) is 0 Å². The minimum Gasteiger partial charge on any atom is -0.414 e. The summed E-state index contributed by atoms with van der Waals surface area (Å²) in [5.74, 6) is 5.65. The van der Waals surface area contributed by atoms with E-state index in [9.17, 15) is 0 Å². The van der Waals surface area contributed by atoms with Gasteiger partial charge in [-0.05, 0) is 91.7 Å². The van der Waals surface area contributed by atoms with Crippen molar-refractivity contribution in [1.29, 1.82) is 0 Å². The van der Waals surface area contributed by atoms with Crippen LogP contribution in [-0.4, -0.2) is 14.4 Å². The van der Waals surface area contributed by atoms with Crippen molar-refractivity contribution in [3.05, 3.63) is 23.3 Å². The fraction of sp³-hybridized carbons (Fsp3) is 0.793. The van der Waals surface area contributed by atoms with Crippen LogP contribution in [0.4, 0.5) is 0 Å². The van der Waals surface area contributed by atoms with Gasteiger partial charge in [-0.15, -0.1) is 12.3 Å². The molecule has 0 aromatic heterocycles. The van der Waals surface area contributed by atoms with Crippen molar-refractivity contribution in [2.75, 3.05) is 0 Å². The summed E-state index contributed by atoms with van der Waals surface area (Å²) in [6, 6.07) is 0. The molecule has 4 aliphatic rings. The van der Waals surface area contributed by atoms with Gasteiger partial charge >= 0.3 is 0 Å². The summed E-state index contributed by atoms with van der Waals surface area (Å²) in [6.07, 6.45) is 20.4. The molecule has 0 radical (unpaired) electrons. The Labute approximate surface area is 193 Å². The van der Waals surface area contributed by atoms with Crippen LogP contribution < -0.4 is 0 Å². The highest BCUT2D eigenvalue weighted by molar-refractivity contribution is 6.74. The molecule has 4 aliphatic carbocycles. The number of hydrogen-bond donors (Lipinski definition) is 0. The fourth-order valence-corrected chi connectivity index (χ4v) is 9.03. The van der Waals surface area contributed by atoms with E-state index in [-0.39, 0.29) is 5.04 Å². The Kier molecular flexibility index (Phi) is 5.75. The van der Waals surface area contributed by atoms with E-state index in [1.165, 1.54) is 38.5 Å². The Morgan fingerprint density at radius 3 is 2.42 bits per heavy atom. The predicted molar refractivity (Wildman–Crippen MR) is 135 cm³/mol. The molecule has 172 valence electrons. The molecular weight excluding hydrogens is 392 g/mol. The van der Waals surface area contributed by atoms with Gasteiger partial charge in [0.05, 0.1) is 0 Å². The minimum atomic E-state index is -1.72. The summed E-state index contributed by atoms with van der Waals surface area (Å²) in [5.41, 5.74) is 4.19. The van der Waals surface area contributed by atoms with Crippen LogP contribution in [0.1, 0.15) is 86.5 Å². The van der Waals surface area contributed by atoms with Crippen molar-refractivity contribution in [3.8, 4) is 12.3 Å². The molecule has 3 fully saturated rings. The van der Waals surface area contributed by atoms with Crippen LogP contribution in [0.2, 0.25) is 18.1 Å². The lowest BCUT2D eigenvalue weighted by Gasteiger charge is -2.55. The van der Waals surface area contributed by atoms with Gasteiger partial charge in [0.15, 0.2) is 8.32 Å². The van der Waals surface area contributed by atoms with E-state index in [0.717, 1.165) is 18.3 Å². The Balaban J connectivity index is 1.57. The first-order valence-corrected chi connectivity index (χ1v) is 15.8. The molecule has 0 aromatic carbocycles. The van der Waals surface area contributed by atoms with Crippen molar-refractivity contribution in [1.82, 2.24) is 0 Å². The Morgan fingerprint density at radius 2 is 1.77 bits per heavy atom. The molecule has 1 nitrogen and oxygen atoms in total. The summed E-state index contributed by atoms with van der Waals surface area (Å²) in [7, 11) is -1.72. The second-order valence-electron chi connectivity index (χ2n) is 13.3. The van der Waals surface area contributed by atoms with Crippen LogP contribution in [0.3, 0.4) is 0 Å². The second kappa shape index (κ2) is 7.63. The van der Waals surface area contributed by atoms with Gasteiger partial charge in [-0.3, -0.25) is 0 Å². The van der Waals surface area contributed by atoms with E-state index in [1.54, 1.807) is 11.1 Å². The minimum absolute atomic E-state index is 0.282. The highest BCUT2D eigenvalue weighted by Crippen LogP contribution is 2.66. The topological polar surface area (TPSA) is 9.23 Å². The molecule has 0 bridgehead atoms. The number of hydrogen-bond acceptors (Lipinski definition) is 1. The first-order valence-electron chi connectivity index (χ1n) is 12.9. The molecule has 0 aromatic rings. The van der Waals surface area contributed by atoms with Crippen LogP contribution in [0, 0.1) is 46.8 Å². The van der Waals surface area contributed by atoms with Crippen LogP contribution in [0.15, 0.2) is 23.3 Å². The van der Waals surface area contributed by atoms with E-state index < -0.39 is 8.32 Å². The number of allylic oxidation sites excluding steroid dienone is 3. The van der Waals surface area contributed by atoms with E-state index in [2.05, 4.69) is 72.7 Å². The standard InChI is InChI=1S/C29H46OSi/c1-10-20(2)24-13-14-25-23-12-11-21-19-22(30-31(8,9)27(3,4)5)15-17-28(21,6)26(23)16-18-29(24,25)7/h1,11-12,20,22,24-26H,13-19H2,2-9H3/t20-,22-,24+,25-,26-,28-,29+/m0/s1. The Bertz CT molecular complexity index is 821. The van der Waals surface area contributed by atoms with Gasteiger partial charge in [-0.1, -0.05) is 64.8 Å². The van der Waals surface area contributed by atoms with Crippen molar-refractivity contribution >= 4 is 8.32 Å². The maximum Gasteiger partial charge on any atom is 0.192 e. The largest absolute Gasteiger partial charge is 0.414 e. The van der Waals surface area contributed by atoms with Crippen molar-refractivity contribution < 1.29 is 4.43 Å². The highest BCUT2D eigenvalue weighted by atomic mass is 28.4. The molecule has 0 heterocycles. The lowest BCUT2D eigenvalue weighted by atomic mass is 9.50. The average Bonchev–Trinajstić information content (AvgIpc) is 3.04. The molecule has 31 heavy (non-hydrogen) atoms. The number of terminal acetylenes is 1. The molecule has 4 rings (SSSR count). The maximum atomic E-state index is 6.87. The summed E-state index contributed by atoms with van der Waals surface area (Å²) in [6.45, 7) is 19.3. The monoisotopic (exact) mass is 438 g/mol. The lowest BCUT2D eigenvalue weighted by molar-refractivity contribution is 0.0414.